The lowest BCUT2D eigenvalue weighted by Gasteiger charge is -2.15. The molecule has 0 radical (unpaired) electrons. The van der Waals surface area contributed by atoms with Crippen LogP contribution in [0.1, 0.15) is 12.2 Å². The van der Waals surface area contributed by atoms with Crippen molar-refractivity contribution < 1.29 is 9.13 Å². The van der Waals surface area contributed by atoms with E-state index in [2.05, 4.69) is 20.1 Å². The normalized spacial score (nSPS) is 19.0. The Kier molecular flexibility index (Phi) is 4.10. The van der Waals surface area contributed by atoms with Crippen molar-refractivity contribution in [2.45, 2.75) is 13.0 Å². The number of ether oxygens (including phenoxy) is 1. The van der Waals surface area contributed by atoms with Gasteiger partial charge in [0.05, 0.1) is 19.3 Å². The lowest BCUT2D eigenvalue weighted by molar-refractivity contribution is 0.229. The highest BCUT2D eigenvalue weighted by molar-refractivity contribution is 5.10. The van der Waals surface area contributed by atoms with Gasteiger partial charge in [-0.25, -0.2) is 9.37 Å². The molecule has 3 rings (SSSR count). The van der Waals surface area contributed by atoms with Gasteiger partial charge >= 0.3 is 0 Å². The first kappa shape index (κ1) is 13.9. The minimum atomic E-state index is -0.349. The van der Waals surface area contributed by atoms with Gasteiger partial charge in [-0.15, -0.1) is 10.2 Å². The summed E-state index contributed by atoms with van der Waals surface area (Å²) in [5, 5.41) is 7.99. The van der Waals surface area contributed by atoms with E-state index in [1.165, 1.54) is 12.3 Å². The molecule has 3 heterocycles. The molecular formula is C14H18FN5O. The third kappa shape index (κ3) is 3.55. The van der Waals surface area contributed by atoms with Crippen molar-refractivity contribution in [3.05, 3.63) is 36.3 Å². The predicted octanol–water partition coefficient (Wildman–Crippen LogP) is 1.25. The van der Waals surface area contributed by atoms with E-state index < -0.39 is 0 Å². The molecule has 1 saturated heterocycles. The highest BCUT2D eigenvalue weighted by atomic mass is 19.1. The van der Waals surface area contributed by atoms with Gasteiger partial charge in [0.15, 0.2) is 0 Å². The van der Waals surface area contributed by atoms with Crippen molar-refractivity contribution in [1.29, 1.82) is 0 Å². The van der Waals surface area contributed by atoms with E-state index in [0.29, 0.717) is 18.4 Å². The fourth-order valence-electron chi connectivity index (χ4n) is 2.49. The fraction of sp³-hybridized carbons (Fsp3) is 0.500. The monoisotopic (exact) mass is 291 g/mol. The Morgan fingerprint density at radius 1 is 1.43 bits per heavy atom. The molecule has 1 fully saturated rings. The smallest absolute Gasteiger partial charge is 0.213 e. The molecule has 0 saturated carbocycles. The van der Waals surface area contributed by atoms with Gasteiger partial charge in [0.2, 0.25) is 5.88 Å². The number of hydrogen-bond donors (Lipinski definition) is 0. The van der Waals surface area contributed by atoms with Crippen molar-refractivity contribution in [2.75, 3.05) is 19.7 Å². The highest BCUT2D eigenvalue weighted by Crippen LogP contribution is 2.19. The molecule has 0 aliphatic carbocycles. The van der Waals surface area contributed by atoms with Gasteiger partial charge in [0.1, 0.15) is 18.0 Å². The molecule has 21 heavy (non-hydrogen) atoms. The number of aryl methyl sites for hydroxylation is 1. The van der Waals surface area contributed by atoms with E-state index in [0.717, 1.165) is 31.9 Å². The Balaban J connectivity index is 1.46. The number of halogens is 1. The van der Waals surface area contributed by atoms with Gasteiger partial charge in [-0.3, -0.25) is 4.90 Å². The van der Waals surface area contributed by atoms with E-state index in [9.17, 15) is 4.39 Å². The molecule has 0 N–H and O–H groups in total. The van der Waals surface area contributed by atoms with Crippen molar-refractivity contribution in [3.8, 4) is 5.88 Å². The molecule has 0 aromatic carbocycles. The zero-order valence-electron chi connectivity index (χ0n) is 11.9. The van der Waals surface area contributed by atoms with Crippen LogP contribution in [0.5, 0.6) is 5.88 Å². The Hall–Kier alpha value is -2.02. The maximum atomic E-state index is 12.8. The largest absolute Gasteiger partial charge is 0.477 e. The number of nitrogens with zero attached hydrogens (tertiary/aromatic N) is 5. The van der Waals surface area contributed by atoms with Gasteiger partial charge < -0.3 is 9.30 Å². The van der Waals surface area contributed by atoms with Crippen molar-refractivity contribution >= 4 is 0 Å². The molecule has 112 valence electrons. The second-order valence-corrected chi connectivity index (χ2v) is 5.37. The molecule has 1 aliphatic rings. The molecule has 1 unspecified atom stereocenters. The van der Waals surface area contributed by atoms with E-state index >= 15 is 0 Å². The van der Waals surface area contributed by atoms with Crippen molar-refractivity contribution in [3.63, 3.8) is 0 Å². The average molecular weight is 291 g/mol. The minimum Gasteiger partial charge on any atom is -0.477 e. The lowest BCUT2D eigenvalue weighted by atomic mass is 10.1. The van der Waals surface area contributed by atoms with Crippen LogP contribution in [0, 0.1) is 11.7 Å². The van der Waals surface area contributed by atoms with Crippen LogP contribution >= 0.6 is 0 Å². The summed E-state index contributed by atoms with van der Waals surface area (Å²) in [6.07, 6.45) is 3.97. The molecule has 7 heteroatoms. The number of hydrogen-bond acceptors (Lipinski definition) is 5. The number of pyridine rings is 1. The molecule has 0 amide bonds. The quantitative estimate of drug-likeness (QED) is 0.830. The number of likely N-dealkylation sites (tertiary alicyclic amines) is 1. The van der Waals surface area contributed by atoms with Crippen LogP contribution in [0.4, 0.5) is 4.39 Å². The Morgan fingerprint density at radius 3 is 3.05 bits per heavy atom. The Bertz CT molecular complexity index is 585. The highest BCUT2D eigenvalue weighted by Gasteiger charge is 2.24. The van der Waals surface area contributed by atoms with E-state index in [4.69, 9.17) is 4.74 Å². The predicted molar refractivity (Wildman–Crippen MR) is 74.1 cm³/mol. The summed E-state index contributed by atoms with van der Waals surface area (Å²) in [7, 11) is 1.95. The molecule has 2 aromatic rings. The second kappa shape index (κ2) is 6.17. The first-order valence-electron chi connectivity index (χ1n) is 7.00. The van der Waals surface area contributed by atoms with Crippen LogP contribution < -0.4 is 4.74 Å². The standard InChI is InChI=1S/C14H18FN5O/c1-19-10-17-18-13(19)8-20-5-4-11(7-20)9-21-14-3-2-12(15)6-16-14/h2-3,6,10-11H,4-5,7-9H2,1H3. The van der Waals surface area contributed by atoms with E-state index in [-0.39, 0.29) is 5.82 Å². The molecule has 6 nitrogen and oxygen atoms in total. The maximum absolute atomic E-state index is 12.8. The van der Waals surface area contributed by atoms with Gasteiger partial charge in [0.25, 0.3) is 0 Å². The second-order valence-electron chi connectivity index (χ2n) is 5.37. The zero-order valence-corrected chi connectivity index (χ0v) is 11.9. The van der Waals surface area contributed by atoms with Gasteiger partial charge in [0, 0.05) is 25.6 Å². The van der Waals surface area contributed by atoms with Crippen LogP contribution in [0.25, 0.3) is 0 Å². The first-order valence-corrected chi connectivity index (χ1v) is 7.00. The van der Waals surface area contributed by atoms with Crippen LogP contribution in [-0.4, -0.2) is 44.3 Å². The van der Waals surface area contributed by atoms with Crippen LogP contribution in [-0.2, 0) is 13.6 Å². The van der Waals surface area contributed by atoms with E-state index in [1.807, 2.05) is 11.6 Å². The molecule has 1 aliphatic heterocycles. The number of aromatic nitrogens is 4. The molecule has 1 atom stereocenters. The van der Waals surface area contributed by atoms with Crippen LogP contribution in [0.2, 0.25) is 0 Å². The third-order valence-electron chi connectivity index (χ3n) is 3.71. The van der Waals surface area contributed by atoms with Gasteiger partial charge in [-0.05, 0) is 19.0 Å². The van der Waals surface area contributed by atoms with Crippen LogP contribution in [0.15, 0.2) is 24.7 Å². The fourth-order valence-corrected chi connectivity index (χ4v) is 2.49. The Labute approximate surface area is 122 Å². The van der Waals surface area contributed by atoms with Crippen molar-refractivity contribution in [1.82, 2.24) is 24.6 Å². The summed E-state index contributed by atoms with van der Waals surface area (Å²) in [6, 6.07) is 2.92. The summed E-state index contributed by atoms with van der Waals surface area (Å²) in [5.74, 6) is 1.56. The SMILES string of the molecule is Cn1cnnc1CN1CCC(COc2ccc(F)cn2)C1. The molecule has 0 bridgehead atoms. The average Bonchev–Trinajstić information content (AvgIpc) is 3.09. The molecule has 0 spiro atoms. The van der Waals surface area contributed by atoms with Crippen molar-refractivity contribution in [2.24, 2.45) is 13.0 Å². The zero-order chi connectivity index (χ0) is 14.7. The third-order valence-corrected chi connectivity index (χ3v) is 3.71. The topological polar surface area (TPSA) is 56.1 Å². The van der Waals surface area contributed by atoms with Gasteiger partial charge in [-0.1, -0.05) is 0 Å². The van der Waals surface area contributed by atoms with Crippen LogP contribution in [0.3, 0.4) is 0 Å². The van der Waals surface area contributed by atoms with Gasteiger partial charge in [-0.2, -0.15) is 0 Å². The summed E-state index contributed by atoms with van der Waals surface area (Å²) in [5.41, 5.74) is 0. The summed E-state index contributed by atoms with van der Waals surface area (Å²) in [4.78, 5) is 6.24. The molecule has 2 aromatic heterocycles. The summed E-state index contributed by atoms with van der Waals surface area (Å²) >= 11 is 0. The first-order chi connectivity index (χ1) is 10.2. The van der Waals surface area contributed by atoms with E-state index in [1.54, 1.807) is 12.4 Å². The minimum absolute atomic E-state index is 0.349. The Morgan fingerprint density at radius 2 is 2.33 bits per heavy atom. The summed E-state index contributed by atoms with van der Waals surface area (Å²) in [6.45, 7) is 3.40. The maximum Gasteiger partial charge on any atom is 0.213 e. The number of rotatable bonds is 5. The lowest BCUT2D eigenvalue weighted by Crippen LogP contribution is -2.23. The molecular weight excluding hydrogens is 273 g/mol. The summed E-state index contributed by atoms with van der Waals surface area (Å²) < 4.78 is 20.3.